The highest BCUT2D eigenvalue weighted by Crippen LogP contribution is 2.44. The second kappa shape index (κ2) is 6.83. The maximum absolute atomic E-state index is 12.9. The number of carbonyl (C=O) groups is 1. The van der Waals surface area contributed by atoms with Crippen molar-refractivity contribution in [2.75, 3.05) is 33.0 Å². The first-order chi connectivity index (χ1) is 12.1. The van der Waals surface area contributed by atoms with Gasteiger partial charge in [0.1, 0.15) is 5.82 Å². The fraction of sp³-hybridized carbons (Fsp3) is 0.812. The minimum absolute atomic E-state index is 0.0268. The van der Waals surface area contributed by atoms with Gasteiger partial charge in [-0.05, 0) is 18.0 Å². The van der Waals surface area contributed by atoms with Crippen LogP contribution in [0.5, 0.6) is 0 Å². The van der Waals surface area contributed by atoms with Gasteiger partial charge in [-0.2, -0.15) is 0 Å². The number of halogens is 1. The Morgan fingerprint density at radius 3 is 3.04 bits per heavy atom. The van der Waals surface area contributed by atoms with Crippen molar-refractivity contribution in [1.82, 2.24) is 20.1 Å². The van der Waals surface area contributed by atoms with E-state index in [-0.39, 0.29) is 29.1 Å². The zero-order chi connectivity index (χ0) is 17.4. The molecule has 0 spiro atoms. The lowest BCUT2D eigenvalue weighted by Gasteiger charge is -2.57. The molecule has 4 heterocycles. The lowest BCUT2D eigenvalue weighted by molar-refractivity contribution is -0.219. The summed E-state index contributed by atoms with van der Waals surface area (Å²) < 4.78 is 11.2. The molecule has 0 bridgehead atoms. The standard InChI is InChI=1S/C16H23ClN4O4/c17-15-18-13(19-20-15)1-2-14(22)21-7-10-8-25-6-4-16(10,23)11-9-24-5-3-12(11)21/h10-12,23H,1-9H2,(H,18,19,20)/t10-,11+,12-,16-/m0/s1. The molecule has 0 unspecified atom stereocenters. The van der Waals surface area contributed by atoms with Crippen molar-refractivity contribution in [1.29, 1.82) is 0 Å². The number of nitrogens with zero attached hydrogens (tertiary/aromatic N) is 3. The van der Waals surface area contributed by atoms with Crippen molar-refractivity contribution in [3.05, 3.63) is 11.1 Å². The highest BCUT2D eigenvalue weighted by atomic mass is 35.5. The van der Waals surface area contributed by atoms with Crippen LogP contribution in [0.2, 0.25) is 5.28 Å². The molecule has 8 nitrogen and oxygen atoms in total. The van der Waals surface area contributed by atoms with Crippen molar-refractivity contribution in [2.24, 2.45) is 11.8 Å². The van der Waals surface area contributed by atoms with Crippen LogP contribution in [-0.2, 0) is 20.7 Å². The van der Waals surface area contributed by atoms with E-state index in [1.165, 1.54) is 0 Å². The maximum Gasteiger partial charge on any atom is 0.242 e. The van der Waals surface area contributed by atoms with Gasteiger partial charge in [0.25, 0.3) is 0 Å². The number of aromatic nitrogens is 3. The minimum Gasteiger partial charge on any atom is -0.389 e. The van der Waals surface area contributed by atoms with Gasteiger partial charge in [0.05, 0.1) is 18.8 Å². The van der Waals surface area contributed by atoms with Crippen molar-refractivity contribution in [3.63, 3.8) is 0 Å². The molecule has 1 aromatic heterocycles. The zero-order valence-electron chi connectivity index (χ0n) is 14.0. The van der Waals surface area contributed by atoms with E-state index in [1.54, 1.807) is 0 Å². The zero-order valence-corrected chi connectivity index (χ0v) is 14.7. The molecule has 0 aliphatic carbocycles. The summed E-state index contributed by atoms with van der Waals surface area (Å²) in [7, 11) is 0. The normalized spacial score (nSPS) is 35.1. The van der Waals surface area contributed by atoms with Gasteiger partial charge in [0, 0.05) is 56.9 Å². The van der Waals surface area contributed by atoms with Gasteiger partial charge >= 0.3 is 0 Å². The van der Waals surface area contributed by atoms with E-state index in [4.69, 9.17) is 21.1 Å². The van der Waals surface area contributed by atoms with E-state index in [1.807, 2.05) is 4.90 Å². The van der Waals surface area contributed by atoms with Crippen molar-refractivity contribution in [2.45, 2.75) is 37.3 Å². The lowest BCUT2D eigenvalue weighted by Crippen LogP contribution is -2.68. The van der Waals surface area contributed by atoms with E-state index in [0.29, 0.717) is 58.1 Å². The summed E-state index contributed by atoms with van der Waals surface area (Å²) in [5.41, 5.74) is -0.793. The molecule has 3 saturated heterocycles. The molecule has 0 aromatic carbocycles. The summed E-state index contributed by atoms with van der Waals surface area (Å²) in [4.78, 5) is 18.8. The van der Waals surface area contributed by atoms with E-state index in [9.17, 15) is 9.90 Å². The molecule has 1 aromatic rings. The number of likely N-dealkylation sites (tertiary alicyclic amines) is 1. The van der Waals surface area contributed by atoms with E-state index in [0.717, 1.165) is 6.42 Å². The Labute approximate surface area is 150 Å². The predicted octanol–water partition coefficient (Wildman–Crippen LogP) is 0.406. The molecular weight excluding hydrogens is 348 g/mol. The Kier molecular flexibility index (Phi) is 4.70. The summed E-state index contributed by atoms with van der Waals surface area (Å²) in [6, 6.07) is 0.0268. The predicted molar refractivity (Wildman–Crippen MR) is 88.0 cm³/mol. The summed E-state index contributed by atoms with van der Waals surface area (Å²) >= 11 is 5.70. The van der Waals surface area contributed by atoms with E-state index < -0.39 is 5.60 Å². The molecule has 3 aliphatic rings. The Hall–Kier alpha value is -1.22. The number of aryl methyl sites for hydroxylation is 1. The molecule has 0 radical (unpaired) electrons. The first-order valence-corrected chi connectivity index (χ1v) is 9.20. The van der Waals surface area contributed by atoms with Crippen LogP contribution in [0, 0.1) is 11.8 Å². The van der Waals surface area contributed by atoms with Crippen molar-refractivity contribution < 1.29 is 19.4 Å². The van der Waals surface area contributed by atoms with Crippen LogP contribution < -0.4 is 0 Å². The number of aromatic amines is 1. The highest BCUT2D eigenvalue weighted by molar-refractivity contribution is 6.28. The summed E-state index contributed by atoms with van der Waals surface area (Å²) in [5, 5.41) is 17.9. The molecule has 3 aliphatic heterocycles. The fourth-order valence-corrected chi connectivity index (χ4v) is 4.64. The molecule has 1 amide bonds. The Bertz CT molecular complexity index is 641. The average molecular weight is 371 g/mol. The lowest BCUT2D eigenvalue weighted by atomic mass is 9.66. The average Bonchev–Trinajstić information content (AvgIpc) is 3.04. The Morgan fingerprint density at radius 1 is 1.40 bits per heavy atom. The number of rotatable bonds is 3. The molecule has 9 heteroatoms. The Morgan fingerprint density at radius 2 is 2.24 bits per heavy atom. The van der Waals surface area contributed by atoms with Crippen molar-refractivity contribution >= 4 is 17.5 Å². The molecule has 138 valence electrons. The highest BCUT2D eigenvalue weighted by Gasteiger charge is 2.56. The number of aliphatic hydroxyl groups is 1. The number of ether oxygens (including phenoxy) is 2. The number of hydrogen-bond acceptors (Lipinski definition) is 6. The third kappa shape index (κ3) is 3.16. The number of carbonyl (C=O) groups excluding carboxylic acids is 1. The summed E-state index contributed by atoms with van der Waals surface area (Å²) in [6.07, 6.45) is 2.18. The van der Waals surface area contributed by atoms with E-state index >= 15 is 0 Å². The van der Waals surface area contributed by atoms with Crippen LogP contribution in [0.25, 0.3) is 0 Å². The minimum atomic E-state index is -0.793. The van der Waals surface area contributed by atoms with Crippen LogP contribution in [-0.4, -0.2) is 75.7 Å². The third-order valence-corrected chi connectivity index (χ3v) is 6.02. The van der Waals surface area contributed by atoms with E-state index in [2.05, 4.69) is 15.2 Å². The molecule has 4 rings (SSSR count). The van der Waals surface area contributed by atoms with Gasteiger partial charge in [-0.25, -0.2) is 4.98 Å². The van der Waals surface area contributed by atoms with Gasteiger partial charge in [0.15, 0.2) is 0 Å². The monoisotopic (exact) mass is 370 g/mol. The second-order valence-electron chi connectivity index (χ2n) is 7.15. The van der Waals surface area contributed by atoms with Crippen LogP contribution >= 0.6 is 11.6 Å². The second-order valence-corrected chi connectivity index (χ2v) is 7.49. The molecule has 3 fully saturated rings. The van der Waals surface area contributed by atoms with Gasteiger partial charge in [-0.3, -0.25) is 9.89 Å². The molecule has 2 N–H and O–H groups in total. The first kappa shape index (κ1) is 17.2. The van der Waals surface area contributed by atoms with Crippen LogP contribution in [0.1, 0.15) is 25.1 Å². The maximum atomic E-state index is 12.9. The number of fused-ring (bicyclic) bond motifs is 3. The van der Waals surface area contributed by atoms with Crippen LogP contribution in [0.3, 0.4) is 0 Å². The third-order valence-electron chi connectivity index (χ3n) is 5.85. The van der Waals surface area contributed by atoms with Crippen LogP contribution in [0.4, 0.5) is 0 Å². The Balaban J connectivity index is 1.49. The molecule has 4 atom stereocenters. The number of amides is 1. The van der Waals surface area contributed by atoms with Gasteiger partial charge < -0.3 is 19.5 Å². The fourth-order valence-electron chi connectivity index (χ4n) is 4.50. The number of nitrogens with one attached hydrogen (secondary N) is 1. The molecule has 25 heavy (non-hydrogen) atoms. The number of piperidine rings is 1. The van der Waals surface area contributed by atoms with Crippen molar-refractivity contribution in [3.8, 4) is 0 Å². The first-order valence-electron chi connectivity index (χ1n) is 8.82. The SMILES string of the molecule is O=C(CCc1nc(Cl)n[nH]1)N1C[C@H]2COCC[C@@]2(O)[C@@H]2COCC[C@@H]21. The van der Waals surface area contributed by atoms with Gasteiger partial charge in [-0.15, -0.1) is 5.10 Å². The topological polar surface area (TPSA) is 101 Å². The molecular formula is C16H23ClN4O4. The number of H-pyrrole nitrogens is 1. The van der Waals surface area contributed by atoms with Crippen LogP contribution in [0.15, 0.2) is 0 Å². The van der Waals surface area contributed by atoms with Gasteiger partial charge in [-0.1, -0.05) is 0 Å². The molecule has 0 saturated carbocycles. The number of hydrogen-bond donors (Lipinski definition) is 2. The smallest absolute Gasteiger partial charge is 0.242 e. The largest absolute Gasteiger partial charge is 0.389 e. The van der Waals surface area contributed by atoms with Gasteiger partial charge in [0.2, 0.25) is 11.2 Å². The quantitative estimate of drug-likeness (QED) is 0.799. The summed E-state index contributed by atoms with van der Waals surface area (Å²) in [6.45, 7) is 2.71. The summed E-state index contributed by atoms with van der Waals surface area (Å²) in [5.74, 6) is 0.564.